The fourth-order valence-electron chi connectivity index (χ4n) is 8.74. The van der Waals surface area contributed by atoms with Crippen molar-refractivity contribution in [2.45, 2.75) is 105 Å². The Morgan fingerprint density at radius 1 is 0.951 bits per heavy atom. The third-order valence-corrected chi connectivity index (χ3v) is 12.2. The number of amides is 2. The maximum Gasteiger partial charge on any atom is 0.412 e. The first-order valence-electron chi connectivity index (χ1n) is 20.6. The lowest BCUT2D eigenvalue weighted by molar-refractivity contribution is 0.0125. The van der Waals surface area contributed by atoms with Crippen LogP contribution in [0.3, 0.4) is 0 Å². The first-order chi connectivity index (χ1) is 28.8. The molecule has 0 radical (unpaired) electrons. The summed E-state index contributed by atoms with van der Waals surface area (Å²) in [6.07, 6.45) is 1.30. The molecule has 2 unspecified atom stereocenters. The molecule has 8 rings (SSSR count). The van der Waals surface area contributed by atoms with Crippen LogP contribution < -0.4 is 15.0 Å². The molecule has 3 fully saturated rings. The summed E-state index contributed by atoms with van der Waals surface area (Å²) in [4.78, 5) is 46.6. The number of nitriles is 1. The van der Waals surface area contributed by atoms with E-state index in [2.05, 4.69) is 40.0 Å². The molecule has 1 N–H and O–H groups in total. The molecule has 18 heteroatoms. The average Bonchev–Trinajstić information content (AvgIpc) is 3.87. The van der Waals surface area contributed by atoms with Gasteiger partial charge in [-0.3, -0.25) is 15.2 Å². The van der Waals surface area contributed by atoms with Crippen LogP contribution in [0.2, 0.25) is 0 Å². The van der Waals surface area contributed by atoms with E-state index in [0.717, 1.165) is 50.0 Å². The third-order valence-electron chi connectivity index (χ3n) is 11.1. The summed E-state index contributed by atoms with van der Waals surface area (Å²) in [5, 5.41) is 13.6. The number of ether oxygens (including phenoxy) is 5. The normalized spacial score (nSPS) is 19.6. The van der Waals surface area contributed by atoms with E-state index in [4.69, 9.17) is 33.7 Å². The van der Waals surface area contributed by atoms with E-state index in [9.17, 15) is 14.9 Å². The van der Waals surface area contributed by atoms with Crippen LogP contribution in [0.5, 0.6) is 6.01 Å². The number of rotatable bonds is 8. The van der Waals surface area contributed by atoms with Crippen LogP contribution in [0.25, 0.3) is 32.2 Å². The summed E-state index contributed by atoms with van der Waals surface area (Å²) in [6.45, 7) is 19.5. The molecule has 3 saturated heterocycles. The highest BCUT2D eigenvalue weighted by Crippen LogP contribution is 2.48. The molecule has 326 valence electrons. The Bertz CT molecular complexity index is 2420. The summed E-state index contributed by atoms with van der Waals surface area (Å²) < 4.78 is 62.7. The quantitative estimate of drug-likeness (QED) is 0.183. The predicted octanol–water partition coefficient (Wildman–Crippen LogP) is 7.76. The number of anilines is 2. The number of hydrogen-bond acceptors (Lipinski definition) is 14. The lowest BCUT2D eigenvalue weighted by Crippen LogP contribution is -2.56. The van der Waals surface area contributed by atoms with Crippen molar-refractivity contribution in [3.05, 3.63) is 34.5 Å². The van der Waals surface area contributed by atoms with Gasteiger partial charge in [-0.1, -0.05) is 13.8 Å². The Morgan fingerprint density at radius 2 is 1.62 bits per heavy atom. The second-order valence-corrected chi connectivity index (χ2v) is 19.9. The van der Waals surface area contributed by atoms with E-state index in [-0.39, 0.29) is 86.8 Å². The van der Waals surface area contributed by atoms with Gasteiger partial charge >= 0.3 is 18.2 Å². The van der Waals surface area contributed by atoms with Gasteiger partial charge < -0.3 is 33.5 Å². The van der Waals surface area contributed by atoms with Crippen LogP contribution >= 0.6 is 11.3 Å². The summed E-state index contributed by atoms with van der Waals surface area (Å²) >= 11 is 0.835. The van der Waals surface area contributed by atoms with Crippen molar-refractivity contribution in [2.24, 2.45) is 5.41 Å². The number of likely N-dealkylation sites (tertiary alicyclic amines) is 1. The highest BCUT2D eigenvalue weighted by Gasteiger charge is 2.45. The molecule has 4 aromatic rings. The summed E-state index contributed by atoms with van der Waals surface area (Å²) in [7, 11) is 0. The molecule has 1 aromatic carbocycles. The molecule has 61 heavy (non-hydrogen) atoms. The van der Waals surface area contributed by atoms with Gasteiger partial charge in [-0.25, -0.2) is 18.4 Å². The number of fused-ring (bicyclic) bond motifs is 6. The second kappa shape index (κ2) is 16.1. The fraction of sp³-hybridized carbons (Fsp3) is 0.581. The van der Waals surface area contributed by atoms with Crippen molar-refractivity contribution in [3.63, 3.8) is 0 Å². The molecule has 7 heterocycles. The van der Waals surface area contributed by atoms with Gasteiger partial charge in [0.25, 0.3) is 0 Å². The average molecular weight is 863 g/mol. The number of benzene rings is 1. The number of morpholine rings is 1. The molecule has 4 aliphatic rings. The Morgan fingerprint density at radius 3 is 2.28 bits per heavy atom. The van der Waals surface area contributed by atoms with Crippen molar-refractivity contribution in [1.82, 2.24) is 24.8 Å². The second-order valence-electron chi connectivity index (χ2n) is 18.9. The highest BCUT2D eigenvalue weighted by atomic mass is 32.1. The molecule has 0 spiro atoms. The Kier molecular flexibility index (Phi) is 11.2. The SMILES string of the molecule is CC(C)(COc1nc(N2C3CCC2CN(C(=O)OC(C)(C)C)C3)c2c3c(c(-c4ncc(F)c5sc(NC(=O)OC(C)(C)C)c(C#N)c45)c(F)c2n1)COC3)CN1CCOCC1. The van der Waals surface area contributed by atoms with Crippen LogP contribution in [0.1, 0.15) is 84.9 Å². The molecule has 3 aromatic heterocycles. The predicted molar refractivity (Wildman–Crippen MR) is 225 cm³/mol. The molecule has 2 atom stereocenters. The molecule has 2 bridgehead atoms. The minimum atomic E-state index is -0.840. The number of nitrogens with one attached hydrogen (secondary N) is 1. The number of pyridine rings is 1. The molecular formula is C43H52F2N8O7S. The van der Waals surface area contributed by atoms with E-state index < -0.39 is 28.9 Å². The number of carbonyl (C=O) groups is 2. The van der Waals surface area contributed by atoms with Crippen LogP contribution in [-0.2, 0) is 32.2 Å². The largest absolute Gasteiger partial charge is 0.463 e. The third kappa shape index (κ3) is 8.62. The van der Waals surface area contributed by atoms with Crippen LogP contribution in [-0.4, -0.2) is 113 Å². The number of thiophene rings is 1. The zero-order valence-electron chi connectivity index (χ0n) is 35.9. The van der Waals surface area contributed by atoms with Crippen molar-refractivity contribution in [3.8, 4) is 23.3 Å². The van der Waals surface area contributed by atoms with Crippen LogP contribution in [0, 0.1) is 28.4 Å². The number of halogens is 2. The monoisotopic (exact) mass is 862 g/mol. The van der Waals surface area contributed by atoms with Crippen molar-refractivity contribution in [2.75, 3.05) is 62.8 Å². The van der Waals surface area contributed by atoms with Gasteiger partial charge in [0.1, 0.15) is 33.6 Å². The van der Waals surface area contributed by atoms with Crippen LogP contribution in [0.4, 0.5) is 29.2 Å². The molecule has 0 saturated carbocycles. The molecule has 0 aliphatic carbocycles. The lowest BCUT2D eigenvalue weighted by atomic mass is 9.93. The fourth-order valence-corrected chi connectivity index (χ4v) is 9.77. The molecule has 2 amide bonds. The minimum absolute atomic E-state index is 0.000183. The van der Waals surface area contributed by atoms with Gasteiger partial charge in [0, 0.05) is 61.2 Å². The number of nitrogens with zero attached hydrogens (tertiary/aromatic N) is 7. The van der Waals surface area contributed by atoms with Crippen molar-refractivity contribution < 1.29 is 42.1 Å². The Hall–Kier alpha value is -4.96. The van der Waals surface area contributed by atoms with Gasteiger partial charge in [-0.2, -0.15) is 15.2 Å². The van der Waals surface area contributed by atoms with Gasteiger partial charge in [0.15, 0.2) is 11.6 Å². The van der Waals surface area contributed by atoms with Crippen molar-refractivity contribution in [1.29, 1.82) is 5.26 Å². The van der Waals surface area contributed by atoms with E-state index in [0.29, 0.717) is 48.6 Å². The van der Waals surface area contributed by atoms with E-state index in [1.54, 1.807) is 25.7 Å². The van der Waals surface area contributed by atoms with E-state index >= 15 is 8.78 Å². The number of piperazine rings is 1. The van der Waals surface area contributed by atoms with E-state index in [1.807, 2.05) is 20.8 Å². The van der Waals surface area contributed by atoms with E-state index in [1.165, 1.54) is 0 Å². The van der Waals surface area contributed by atoms with Crippen molar-refractivity contribution >= 4 is 55.3 Å². The van der Waals surface area contributed by atoms with Gasteiger partial charge in [0.05, 0.1) is 60.6 Å². The molecule has 15 nitrogen and oxygen atoms in total. The van der Waals surface area contributed by atoms with Gasteiger partial charge in [-0.15, -0.1) is 11.3 Å². The highest BCUT2D eigenvalue weighted by molar-refractivity contribution is 7.23. The first kappa shape index (κ1) is 42.7. The number of aromatic nitrogens is 3. The molecular weight excluding hydrogens is 811 g/mol. The topological polar surface area (TPSA) is 164 Å². The zero-order valence-corrected chi connectivity index (χ0v) is 36.7. The minimum Gasteiger partial charge on any atom is -0.463 e. The van der Waals surface area contributed by atoms with Gasteiger partial charge in [0.2, 0.25) is 0 Å². The lowest BCUT2D eigenvalue weighted by Gasteiger charge is -2.42. The van der Waals surface area contributed by atoms with Gasteiger partial charge in [-0.05, 0) is 65.5 Å². The standard InChI is InChI=1S/C43H52F2N8O7S/c1-41(2,3)59-39(54)50-37-25(15-46)30-33(47-16-28(44)35(30)61-37)29-26-19-57-20-27(26)31-34(32(29)45)48-38(58-22-43(7,8)21-51-11-13-56-14-12-51)49-36(31)53-23-9-10-24(53)18-52(17-23)40(55)60-42(4,5)6/h16,23-24H,9-14,17-22H2,1-8H3,(H,50,54). The number of hydrogen-bond donors (Lipinski definition) is 1. The Balaban J connectivity index is 1.26. The zero-order chi connectivity index (χ0) is 43.6. The number of carbonyl (C=O) groups excluding carboxylic acids is 2. The summed E-state index contributed by atoms with van der Waals surface area (Å²) in [5.74, 6) is -1.03. The molecule has 4 aliphatic heterocycles. The Labute approximate surface area is 357 Å². The smallest absolute Gasteiger partial charge is 0.412 e. The maximum atomic E-state index is 17.9. The summed E-state index contributed by atoms with van der Waals surface area (Å²) in [5.41, 5.74) is -0.869. The first-order valence-corrected chi connectivity index (χ1v) is 21.5. The van der Waals surface area contributed by atoms with Crippen LogP contribution in [0.15, 0.2) is 6.20 Å². The maximum absolute atomic E-state index is 17.9. The summed E-state index contributed by atoms with van der Waals surface area (Å²) in [6, 6.07) is 1.75.